The minimum absolute atomic E-state index is 0.148. The molecule has 1 N–H and O–H groups in total. The Bertz CT molecular complexity index is 807. The highest BCUT2D eigenvalue weighted by atomic mass is 35.5. The Morgan fingerprint density at radius 3 is 2.90 bits per heavy atom. The van der Waals surface area contributed by atoms with Crippen LogP contribution in [-0.4, -0.2) is 14.8 Å². The number of hydrogen-bond acceptors (Lipinski definition) is 4. The van der Waals surface area contributed by atoms with Crippen molar-refractivity contribution in [2.45, 2.75) is 6.04 Å². The summed E-state index contributed by atoms with van der Waals surface area (Å²) >= 11 is 6.28. The number of allylic oxidation sites excluding steroid dienone is 1. The van der Waals surface area contributed by atoms with Gasteiger partial charge in [0.05, 0.1) is 6.26 Å². The van der Waals surface area contributed by atoms with Gasteiger partial charge in [-0.25, -0.2) is 4.68 Å². The van der Waals surface area contributed by atoms with Crippen LogP contribution in [0.1, 0.15) is 17.4 Å². The first-order valence-corrected chi connectivity index (χ1v) is 6.87. The number of furan rings is 1. The number of anilines is 1. The van der Waals surface area contributed by atoms with Crippen molar-refractivity contribution >= 4 is 23.2 Å². The molecule has 104 valence electrons. The van der Waals surface area contributed by atoms with Gasteiger partial charge in [0.15, 0.2) is 0 Å². The van der Waals surface area contributed by atoms with E-state index in [0.29, 0.717) is 11.0 Å². The van der Waals surface area contributed by atoms with Gasteiger partial charge in [-0.3, -0.25) is 0 Å². The highest BCUT2D eigenvalue weighted by Crippen LogP contribution is 2.34. The highest BCUT2D eigenvalue weighted by molar-refractivity contribution is 6.32. The standard InChI is InChI=1S/C15H11ClN4O/c16-11-5-2-1-4-10(11)12-8-13(14-6-3-7-21-14)20-15(19-12)17-9-18-20/h1-9,13H,(H,17,18,19)/t13-/m0/s1. The maximum atomic E-state index is 6.28. The Labute approximate surface area is 125 Å². The third-order valence-electron chi connectivity index (χ3n) is 3.41. The molecular weight excluding hydrogens is 288 g/mol. The molecule has 6 heteroatoms. The summed E-state index contributed by atoms with van der Waals surface area (Å²) in [6, 6.07) is 11.3. The van der Waals surface area contributed by atoms with Gasteiger partial charge < -0.3 is 9.73 Å². The molecular formula is C15H11ClN4O. The Balaban J connectivity index is 1.85. The minimum Gasteiger partial charge on any atom is -0.467 e. The SMILES string of the molecule is Clc1ccccc1C1=C[C@@H](c2ccco2)n2ncnc2N1. The Hall–Kier alpha value is -2.53. The lowest BCUT2D eigenvalue weighted by atomic mass is 10.1. The summed E-state index contributed by atoms with van der Waals surface area (Å²) in [5, 5.41) is 8.18. The lowest BCUT2D eigenvalue weighted by Gasteiger charge is -2.23. The molecule has 3 heterocycles. The summed E-state index contributed by atoms with van der Waals surface area (Å²) in [5.41, 5.74) is 1.81. The molecule has 0 bridgehead atoms. The van der Waals surface area contributed by atoms with Crippen LogP contribution in [0.2, 0.25) is 5.02 Å². The molecule has 0 unspecified atom stereocenters. The van der Waals surface area contributed by atoms with E-state index in [2.05, 4.69) is 15.4 Å². The Morgan fingerprint density at radius 2 is 2.10 bits per heavy atom. The van der Waals surface area contributed by atoms with E-state index in [1.807, 2.05) is 42.5 Å². The van der Waals surface area contributed by atoms with Crippen LogP contribution in [-0.2, 0) is 0 Å². The van der Waals surface area contributed by atoms with Crippen molar-refractivity contribution in [3.63, 3.8) is 0 Å². The third-order valence-corrected chi connectivity index (χ3v) is 3.74. The van der Waals surface area contributed by atoms with Crippen LogP contribution >= 0.6 is 11.6 Å². The molecule has 1 aliphatic rings. The number of halogens is 1. The molecule has 5 nitrogen and oxygen atoms in total. The van der Waals surface area contributed by atoms with Crippen molar-refractivity contribution in [2.75, 3.05) is 5.32 Å². The lowest BCUT2D eigenvalue weighted by molar-refractivity contribution is 0.448. The summed E-state index contributed by atoms with van der Waals surface area (Å²) in [6.45, 7) is 0. The zero-order valence-electron chi connectivity index (χ0n) is 10.9. The first-order chi connectivity index (χ1) is 10.3. The molecule has 0 saturated heterocycles. The predicted octanol–water partition coefficient (Wildman–Crippen LogP) is 3.58. The average molecular weight is 299 g/mol. The number of nitrogens with zero attached hydrogens (tertiary/aromatic N) is 3. The predicted molar refractivity (Wildman–Crippen MR) is 79.9 cm³/mol. The number of benzene rings is 1. The average Bonchev–Trinajstić information content (AvgIpc) is 3.18. The lowest BCUT2D eigenvalue weighted by Crippen LogP contribution is -2.19. The van der Waals surface area contributed by atoms with E-state index >= 15 is 0 Å². The van der Waals surface area contributed by atoms with E-state index in [9.17, 15) is 0 Å². The van der Waals surface area contributed by atoms with Crippen LogP contribution in [0.5, 0.6) is 0 Å². The maximum Gasteiger partial charge on any atom is 0.226 e. The van der Waals surface area contributed by atoms with E-state index in [0.717, 1.165) is 17.0 Å². The molecule has 3 aromatic rings. The van der Waals surface area contributed by atoms with Gasteiger partial charge in [0.2, 0.25) is 5.95 Å². The largest absolute Gasteiger partial charge is 0.467 e. The topological polar surface area (TPSA) is 55.9 Å². The second kappa shape index (κ2) is 4.79. The molecule has 0 saturated carbocycles. The monoisotopic (exact) mass is 298 g/mol. The van der Waals surface area contributed by atoms with Crippen LogP contribution in [0, 0.1) is 0 Å². The van der Waals surface area contributed by atoms with Crippen molar-refractivity contribution in [2.24, 2.45) is 0 Å². The first kappa shape index (κ1) is 12.2. The number of rotatable bonds is 2. The van der Waals surface area contributed by atoms with E-state index in [-0.39, 0.29) is 6.04 Å². The maximum absolute atomic E-state index is 6.28. The van der Waals surface area contributed by atoms with Crippen LogP contribution < -0.4 is 5.32 Å². The molecule has 21 heavy (non-hydrogen) atoms. The van der Waals surface area contributed by atoms with Crippen molar-refractivity contribution in [3.05, 3.63) is 71.4 Å². The van der Waals surface area contributed by atoms with Gasteiger partial charge in [0, 0.05) is 16.3 Å². The van der Waals surface area contributed by atoms with Crippen LogP contribution in [0.4, 0.5) is 5.95 Å². The van der Waals surface area contributed by atoms with E-state index in [1.54, 1.807) is 10.9 Å². The van der Waals surface area contributed by atoms with Gasteiger partial charge in [-0.05, 0) is 24.3 Å². The number of aromatic nitrogens is 3. The molecule has 2 aromatic heterocycles. The van der Waals surface area contributed by atoms with E-state index in [1.165, 1.54) is 6.33 Å². The van der Waals surface area contributed by atoms with Gasteiger partial charge in [-0.2, -0.15) is 10.1 Å². The normalized spacial score (nSPS) is 17.0. The minimum atomic E-state index is -0.148. The van der Waals surface area contributed by atoms with Crippen molar-refractivity contribution in [1.82, 2.24) is 14.8 Å². The summed E-state index contributed by atoms with van der Waals surface area (Å²) < 4.78 is 7.30. The fourth-order valence-electron chi connectivity index (χ4n) is 2.43. The fraction of sp³-hybridized carbons (Fsp3) is 0.0667. The molecule has 4 rings (SSSR count). The second-order valence-electron chi connectivity index (χ2n) is 4.67. The molecule has 0 spiro atoms. The summed E-state index contributed by atoms with van der Waals surface area (Å²) in [7, 11) is 0. The zero-order valence-corrected chi connectivity index (χ0v) is 11.7. The van der Waals surface area contributed by atoms with Crippen molar-refractivity contribution in [1.29, 1.82) is 0 Å². The molecule has 1 atom stereocenters. The smallest absolute Gasteiger partial charge is 0.226 e. The summed E-state index contributed by atoms with van der Waals surface area (Å²) in [5.74, 6) is 1.46. The second-order valence-corrected chi connectivity index (χ2v) is 5.08. The highest BCUT2D eigenvalue weighted by Gasteiger charge is 2.25. The Morgan fingerprint density at radius 1 is 1.19 bits per heavy atom. The molecule has 1 aliphatic heterocycles. The fourth-order valence-corrected chi connectivity index (χ4v) is 2.67. The quantitative estimate of drug-likeness (QED) is 0.785. The molecule has 0 aliphatic carbocycles. The van der Waals surface area contributed by atoms with Gasteiger partial charge in [0.25, 0.3) is 0 Å². The Kier molecular flexibility index (Phi) is 2.79. The molecule has 1 aromatic carbocycles. The van der Waals surface area contributed by atoms with Gasteiger partial charge in [0.1, 0.15) is 18.1 Å². The van der Waals surface area contributed by atoms with Crippen molar-refractivity contribution < 1.29 is 4.42 Å². The van der Waals surface area contributed by atoms with Gasteiger partial charge in [-0.1, -0.05) is 29.8 Å². The van der Waals surface area contributed by atoms with E-state index in [4.69, 9.17) is 16.0 Å². The summed E-state index contributed by atoms with van der Waals surface area (Å²) in [6.07, 6.45) is 5.19. The van der Waals surface area contributed by atoms with Gasteiger partial charge >= 0.3 is 0 Å². The van der Waals surface area contributed by atoms with Crippen LogP contribution in [0.3, 0.4) is 0 Å². The number of hydrogen-bond donors (Lipinski definition) is 1. The number of fused-ring (bicyclic) bond motifs is 1. The third kappa shape index (κ3) is 2.02. The molecule has 0 radical (unpaired) electrons. The first-order valence-electron chi connectivity index (χ1n) is 6.49. The van der Waals surface area contributed by atoms with E-state index < -0.39 is 0 Å². The van der Waals surface area contributed by atoms with Crippen LogP contribution in [0.25, 0.3) is 5.70 Å². The molecule has 0 fully saturated rings. The summed E-state index contributed by atoms with van der Waals surface area (Å²) in [4.78, 5) is 4.24. The van der Waals surface area contributed by atoms with Gasteiger partial charge in [-0.15, -0.1) is 0 Å². The van der Waals surface area contributed by atoms with Crippen molar-refractivity contribution in [3.8, 4) is 0 Å². The zero-order chi connectivity index (χ0) is 14.2. The van der Waals surface area contributed by atoms with Crippen LogP contribution in [0.15, 0.2) is 59.5 Å². The number of nitrogens with one attached hydrogen (secondary N) is 1. The molecule has 0 amide bonds.